The number of hydrogen-bond donors (Lipinski definition) is 1. The second-order valence-corrected chi connectivity index (χ2v) is 4.62. The van der Waals surface area contributed by atoms with Crippen LogP contribution < -0.4 is 5.73 Å². The normalized spacial score (nSPS) is 10.1. The van der Waals surface area contributed by atoms with Gasteiger partial charge in [-0.1, -0.05) is 30.0 Å². The van der Waals surface area contributed by atoms with Crippen LogP contribution in [-0.4, -0.2) is 4.57 Å². The molecule has 3 nitrogen and oxygen atoms in total. The molecule has 0 spiro atoms. The Morgan fingerprint density at radius 1 is 1.35 bits per heavy atom. The number of nitrogens with zero attached hydrogens (tertiary/aromatic N) is 2. The molecule has 0 amide bonds. The molecule has 2 rings (SSSR count). The average molecular weight is 243 g/mol. The summed E-state index contributed by atoms with van der Waals surface area (Å²) in [6.07, 6.45) is 0. The van der Waals surface area contributed by atoms with Crippen molar-refractivity contribution >= 4 is 17.4 Å². The van der Waals surface area contributed by atoms with Crippen LogP contribution in [0.1, 0.15) is 12.6 Å². The maximum Gasteiger partial charge on any atom is 0.123 e. The third-order valence-electron chi connectivity index (χ3n) is 2.46. The van der Waals surface area contributed by atoms with Crippen LogP contribution in [-0.2, 0) is 6.54 Å². The molecule has 0 atom stereocenters. The molecule has 17 heavy (non-hydrogen) atoms. The first kappa shape index (κ1) is 11.6. The molecule has 86 valence electrons. The first-order valence-electron chi connectivity index (χ1n) is 5.38. The molecule has 0 aliphatic rings. The standard InChI is InChI=1S/C13H13N3S/c1-2-16-10(9-14)8-12(15)13(16)17-11-6-4-3-5-7-11/h3-8H,2,15H2,1H3. The lowest BCUT2D eigenvalue weighted by molar-refractivity contribution is 0.696. The Bertz CT molecular complexity index is 552. The van der Waals surface area contributed by atoms with Gasteiger partial charge in [0.1, 0.15) is 16.8 Å². The quantitative estimate of drug-likeness (QED) is 0.901. The van der Waals surface area contributed by atoms with Gasteiger partial charge in [-0.25, -0.2) is 0 Å². The van der Waals surface area contributed by atoms with Crippen molar-refractivity contribution in [2.75, 3.05) is 5.73 Å². The van der Waals surface area contributed by atoms with E-state index in [9.17, 15) is 0 Å². The zero-order valence-corrected chi connectivity index (χ0v) is 10.4. The molecule has 4 heteroatoms. The number of benzene rings is 1. The lowest BCUT2D eigenvalue weighted by Gasteiger charge is -2.07. The van der Waals surface area contributed by atoms with Crippen LogP contribution in [0.2, 0.25) is 0 Å². The molecule has 2 aromatic rings. The van der Waals surface area contributed by atoms with Crippen molar-refractivity contribution in [3.05, 3.63) is 42.1 Å². The number of nitriles is 1. The molecule has 2 N–H and O–H groups in total. The highest BCUT2D eigenvalue weighted by Crippen LogP contribution is 2.34. The van der Waals surface area contributed by atoms with Gasteiger partial charge in [0.05, 0.1) is 5.69 Å². The number of rotatable bonds is 3. The number of nitrogen functional groups attached to an aromatic ring is 1. The van der Waals surface area contributed by atoms with Crippen LogP contribution in [0.5, 0.6) is 0 Å². The summed E-state index contributed by atoms with van der Waals surface area (Å²) in [4.78, 5) is 1.12. The lowest BCUT2D eigenvalue weighted by atomic mass is 10.4. The summed E-state index contributed by atoms with van der Waals surface area (Å²) in [7, 11) is 0. The van der Waals surface area contributed by atoms with Gasteiger partial charge in [0.25, 0.3) is 0 Å². The SMILES string of the molecule is CCn1c(C#N)cc(N)c1Sc1ccccc1. The first-order chi connectivity index (χ1) is 8.26. The van der Waals surface area contributed by atoms with Crippen LogP contribution in [0.15, 0.2) is 46.3 Å². The molecule has 0 unspecified atom stereocenters. The fraction of sp³-hybridized carbons (Fsp3) is 0.154. The summed E-state index contributed by atoms with van der Waals surface area (Å²) in [5, 5.41) is 9.96. The fourth-order valence-electron chi connectivity index (χ4n) is 1.67. The number of aromatic nitrogens is 1. The van der Waals surface area contributed by atoms with Crippen LogP contribution >= 0.6 is 11.8 Å². The molecular formula is C13H13N3S. The lowest BCUT2D eigenvalue weighted by Crippen LogP contribution is -1.99. The van der Waals surface area contributed by atoms with Crippen LogP contribution in [0.25, 0.3) is 0 Å². The fourth-order valence-corrected chi connectivity index (χ4v) is 2.70. The van der Waals surface area contributed by atoms with E-state index in [1.54, 1.807) is 17.8 Å². The van der Waals surface area contributed by atoms with E-state index in [2.05, 4.69) is 6.07 Å². The van der Waals surface area contributed by atoms with E-state index in [0.717, 1.165) is 16.5 Å². The summed E-state index contributed by atoms with van der Waals surface area (Å²) < 4.78 is 1.94. The Morgan fingerprint density at radius 3 is 2.65 bits per heavy atom. The largest absolute Gasteiger partial charge is 0.397 e. The Morgan fingerprint density at radius 2 is 2.06 bits per heavy atom. The maximum absolute atomic E-state index is 9.02. The zero-order chi connectivity index (χ0) is 12.3. The van der Waals surface area contributed by atoms with E-state index in [-0.39, 0.29) is 0 Å². The van der Waals surface area contributed by atoms with E-state index < -0.39 is 0 Å². The third-order valence-corrected chi connectivity index (χ3v) is 3.62. The van der Waals surface area contributed by atoms with E-state index in [1.165, 1.54) is 0 Å². The predicted octanol–water partition coefficient (Wildman–Crippen LogP) is 3.11. The van der Waals surface area contributed by atoms with Gasteiger partial charge in [-0.15, -0.1) is 0 Å². The summed E-state index contributed by atoms with van der Waals surface area (Å²) in [6.45, 7) is 2.75. The van der Waals surface area contributed by atoms with Crippen molar-refractivity contribution in [2.45, 2.75) is 23.4 Å². The Balaban J connectivity index is 2.39. The molecule has 0 saturated carbocycles. The van der Waals surface area contributed by atoms with Gasteiger partial charge in [-0.2, -0.15) is 5.26 Å². The van der Waals surface area contributed by atoms with Gasteiger partial charge in [-0.05, 0) is 25.1 Å². The second-order valence-electron chi connectivity index (χ2n) is 3.56. The highest BCUT2D eigenvalue weighted by Gasteiger charge is 2.12. The highest BCUT2D eigenvalue weighted by atomic mass is 32.2. The van der Waals surface area contributed by atoms with Crippen LogP contribution in [0.3, 0.4) is 0 Å². The molecular weight excluding hydrogens is 230 g/mol. The van der Waals surface area contributed by atoms with Crippen molar-refractivity contribution in [3.8, 4) is 6.07 Å². The number of hydrogen-bond acceptors (Lipinski definition) is 3. The van der Waals surface area contributed by atoms with Gasteiger partial charge < -0.3 is 10.3 Å². The van der Waals surface area contributed by atoms with Crippen LogP contribution in [0.4, 0.5) is 5.69 Å². The number of nitrogens with two attached hydrogens (primary N) is 1. The summed E-state index contributed by atoms with van der Waals surface area (Å²) >= 11 is 1.59. The Labute approximate surface area is 105 Å². The minimum atomic E-state index is 0.614. The zero-order valence-electron chi connectivity index (χ0n) is 9.55. The molecule has 0 radical (unpaired) electrons. The van der Waals surface area contributed by atoms with Crippen LogP contribution in [0, 0.1) is 11.3 Å². The Hall–Kier alpha value is -1.86. The first-order valence-corrected chi connectivity index (χ1v) is 6.20. The van der Waals surface area contributed by atoms with Gasteiger partial charge >= 0.3 is 0 Å². The predicted molar refractivity (Wildman–Crippen MR) is 69.8 cm³/mol. The van der Waals surface area contributed by atoms with Crippen molar-refractivity contribution in [1.29, 1.82) is 5.26 Å². The molecule has 1 aromatic heterocycles. The monoisotopic (exact) mass is 243 g/mol. The molecule has 0 aliphatic carbocycles. The smallest absolute Gasteiger partial charge is 0.123 e. The van der Waals surface area contributed by atoms with Crippen molar-refractivity contribution in [1.82, 2.24) is 4.57 Å². The van der Waals surface area contributed by atoms with E-state index >= 15 is 0 Å². The molecule has 0 bridgehead atoms. The third kappa shape index (κ3) is 2.29. The van der Waals surface area contributed by atoms with Gasteiger partial charge in [-0.3, -0.25) is 0 Å². The molecule has 0 saturated heterocycles. The van der Waals surface area contributed by atoms with Gasteiger partial charge in [0.2, 0.25) is 0 Å². The minimum absolute atomic E-state index is 0.614. The van der Waals surface area contributed by atoms with Crippen molar-refractivity contribution in [3.63, 3.8) is 0 Å². The van der Waals surface area contributed by atoms with Gasteiger partial charge in [0.15, 0.2) is 0 Å². The minimum Gasteiger partial charge on any atom is -0.397 e. The molecule has 0 aliphatic heterocycles. The highest BCUT2D eigenvalue weighted by molar-refractivity contribution is 7.99. The van der Waals surface area contributed by atoms with Crippen molar-refractivity contribution < 1.29 is 0 Å². The molecule has 1 aromatic carbocycles. The summed E-state index contributed by atoms with van der Waals surface area (Å²) in [5.74, 6) is 0. The summed E-state index contributed by atoms with van der Waals surface area (Å²) in [6, 6.07) is 13.9. The van der Waals surface area contributed by atoms with E-state index in [1.807, 2.05) is 41.8 Å². The average Bonchev–Trinajstić information content (AvgIpc) is 2.67. The second kappa shape index (κ2) is 4.98. The topological polar surface area (TPSA) is 54.7 Å². The summed E-state index contributed by atoms with van der Waals surface area (Å²) in [5.41, 5.74) is 7.23. The van der Waals surface area contributed by atoms with Gasteiger partial charge in [0, 0.05) is 11.4 Å². The van der Waals surface area contributed by atoms with Crippen molar-refractivity contribution in [2.24, 2.45) is 0 Å². The van der Waals surface area contributed by atoms with E-state index in [4.69, 9.17) is 11.0 Å². The number of anilines is 1. The molecule has 0 fully saturated rings. The van der Waals surface area contributed by atoms with E-state index in [0.29, 0.717) is 11.4 Å². The Kier molecular flexibility index (Phi) is 3.40. The maximum atomic E-state index is 9.02. The molecule has 1 heterocycles.